The van der Waals surface area contributed by atoms with Crippen LogP contribution in [0.5, 0.6) is 0 Å². The van der Waals surface area contributed by atoms with Gasteiger partial charge in [0.05, 0.1) is 18.0 Å². The average Bonchev–Trinajstić information content (AvgIpc) is 3.34. The summed E-state index contributed by atoms with van der Waals surface area (Å²) >= 11 is 0. The van der Waals surface area contributed by atoms with Crippen LogP contribution in [0.25, 0.3) is 21.5 Å². The topological polar surface area (TPSA) is 84.9 Å². The van der Waals surface area contributed by atoms with Gasteiger partial charge in [0, 0.05) is 10.8 Å². The van der Waals surface area contributed by atoms with Crippen molar-refractivity contribution >= 4 is 37.5 Å². The van der Waals surface area contributed by atoms with Crippen molar-refractivity contribution in [1.29, 1.82) is 0 Å². The summed E-state index contributed by atoms with van der Waals surface area (Å²) in [6.07, 6.45) is -1.97. The van der Waals surface area contributed by atoms with Crippen LogP contribution in [0.3, 0.4) is 0 Å². The number of benzene rings is 5. The molecule has 5 aromatic carbocycles. The van der Waals surface area contributed by atoms with Crippen LogP contribution in [-0.2, 0) is 24.3 Å². The molecule has 0 amide bonds. The summed E-state index contributed by atoms with van der Waals surface area (Å²) in [7, 11) is -2.90. The number of esters is 1. The zero-order chi connectivity index (χ0) is 27.0. The molecule has 0 aliphatic carbocycles. The molecule has 0 spiro atoms. The number of carbonyl (C=O) groups is 1. The third kappa shape index (κ3) is 4.57. The van der Waals surface area contributed by atoms with Gasteiger partial charge in [0.15, 0.2) is 12.3 Å². The lowest BCUT2D eigenvalue weighted by atomic mass is 10.0. The zero-order valence-electron chi connectivity index (χ0n) is 21.1. The highest BCUT2D eigenvalue weighted by Crippen LogP contribution is 2.43. The fourth-order valence-corrected chi connectivity index (χ4v) is 6.79. The van der Waals surface area contributed by atoms with Gasteiger partial charge in [-0.3, -0.25) is 0 Å². The molecule has 6 rings (SSSR count). The van der Waals surface area contributed by atoms with Gasteiger partial charge in [-0.25, -0.2) is 13.2 Å². The van der Waals surface area contributed by atoms with Crippen molar-refractivity contribution in [3.63, 3.8) is 0 Å². The minimum atomic E-state index is -4.19. The van der Waals surface area contributed by atoms with E-state index in [9.17, 15) is 13.2 Å². The van der Waals surface area contributed by atoms with E-state index in [1.807, 2.05) is 103 Å². The molecule has 0 aromatic heterocycles. The van der Waals surface area contributed by atoms with Crippen LogP contribution in [0.4, 0.5) is 0 Å². The van der Waals surface area contributed by atoms with Crippen molar-refractivity contribution in [2.75, 3.05) is 7.11 Å². The van der Waals surface area contributed by atoms with Crippen molar-refractivity contribution in [2.45, 2.75) is 23.3 Å². The summed E-state index contributed by atoms with van der Waals surface area (Å²) in [5, 5.41) is 4.32. The first-order valence-electron chi connectivity index (χ1n) is 12.5. The summed E-state index contributed by atoms with van der Waals surface area (Å²) in [4.78, 5) is 16.0. The number of nitrogens with one attached hydrogen (secondary N) is 1. The van der Waals surface area contributed by atoms with Gasteiger partial charge >= 0.3 is 5.97 Å². The van der Waals surface area contributed by atoms with E-state index >= 15 is 0 Å². The highest BCUT2D eigenvalue weighted by molar-refractivity contribution is 7.90. The Hall–Kier alpha value is -4.08. The molecule has 3 atom stereocenters. The van der Waals surface area contributed by atoms with Gasteiger partial charge in [-0.1, -0.05) is 109 Å². The van der Waals surface area contributed by atoms with Gasteiger partial charge in [0.1, 0.15) is 0 Å². The summed E-state index contributed by atoms with van der Waals surface area (Å²) in [5.41, 5.74) is 1.40. The quantitative estimate of drug-likeness (QED) is 0.227. The smallest absolute Gasteiger partial charge is 0.337 e. The SMILES string of the molecule is COC(=O)[C@@H]1O[C@@H](c2ccccc2)N(NS(=O)(=O)c2c3ccccc3cc3ccccc23)[C@H]1c1ccccc1. The second-order valence-corrected chi connectivity index (χ2v) is 10.9. The number of fused-ring (bicyclic) bond motifs is 2. The van der Waals surface area contributed by atoms with Crippen LogP contribution in [0.15, 0.2) is 120 Å². The molecule has 196 valence electrons. The summed E-state index contributed by atoms with van der Waals surface area (Å²) < 4.78 is 40.1. The maximum Gasteiger partial charge on any atom is 0.337 e. The number of sulfonamides is 1. The monoisotopic (exact) mass is 538 g/mol. The predicted octanol–water partition coefficient (Wildman–Crippen LogP) is 5.50. The summed E-state index contributed by atoms with van der Waals surface area (Å²) in [5.74, 6) is -0.595. The maximum absolute atomic E-state index is 14.4. The van der Waals surface area contributed by atoms with E-state index in [0.717, 1.165) is 10.8 Å². The van der Waals surface area contributed by atoms with E-state index < -0.39 is 34.4 Å². The molecule has 0 radical (unpaired) electrons. The largest absolute Gasteiger partial charge is 0.467 e. The number of nitrogens with zero attached hydrogens (tertiary/aromatic N) is 1. The molecule has 7 nitrogen and oxygen atoms in total. The van der Waals surface area contributed by atoms with Crippen LogP contribution >= 0.6 is 0 Å². The number of carbonyl (C=O) groups excluding carboxylic acids is 1. The van der Waals surface area contributed by atoms with Gasteiger partial charge in [0.2, 0.25) is 0 Å². The Labute approximate surface area is 226 Å². The van der Waals surface area contributed by atoms with Crippen molar-refractivity contribution in [1.82, 2.24) is 9.84 Å². The van der Waals surface area contributed by atoms with Crippen LogP contribution in [0.1, 0.15) is 23.4 Å². The standard InChI is InChI=1S/C31H26N2O5S/c1-37-31(34)28-27(21-12-4-2-5-13-21)33(30(38-28)22-14-6-3-7-15-22)32-39(35,36)29-25-18-10-8-16-23(25)20-24-17-9-11-19-26(24)29/h2-20,27-28,30,32H,1H3/t27-,28+,30-/m0/s1. The third-order valence-corrected chi connectivity index (χ3v) is 8.42. The minimum absolute atomic E-state index is 0.163. The number of ether oxygens (including phenoxy) is 2. The van der Waals surface area contributed by atoms with Gasteiger partial charge in [0.25, 0.3) is 10.0 Å². The first-order valence-corrected chi connectivity index (χ1v) is 14.0. The number of hydrogen-bond donors (Lipinski definition) is 1. The Morgan fingerprint density at radius 3 is 1.85 bits per heavy atom. The summed E-state index contributed by atoms with van der Waals surface area (Å²) in [6, 6.07) is 34.4. The van der Waals surface area contributed by atoms with Gasteiger partial charge < -0.3 is 9.47 Å². The van der Waals surface area contributed by atoms with Crippen molar-refractivity contribution in [3.8, 4) is 0 Å². The Morgan fingerprint density at radius 1 is 0.769 bits per heavy atom. The fraction of sp³-hybridized carbons (Fsp3) is 0.129. The number of hydrogen-bond acceptors (Lipinski definition) is 6. The van der Waals surface area contributed by atoms with E-state index in [4.69, 9.17) is 9.47 Å². The number of methoxy groups -OCH3 is 1. The average molecular weight is 539 g/mol. The molecule has 39 heavy (non-hydrogen) atoms. The lowest BCUT2D eigenvalue weighted by molar-refractivity contribution is -0.154. The molecule has 0 saturated carbocycles. The predicted molar refractivity (Wildman–Crippen MR) is 149 cm³/mol. The highest BCUT2D eigenvalue weighted by Gasteiger charge is 2.49. The molecule has 0 bridgehead atoms. The second kappa shape index (κ2) is 10.2. The third-order valence-electron chi connectivity index (χ3n) is 6.99. The Bertz CT molecular complexity index is 1710. The van der Waals surface area contributed by atoms with E-state index in [-0.39, 0.29) is 4.90 Å². The zero-order valence-corrected chi connectivity index (χ0v) is 21.9. The first-order chi connectivity index (χ1) is 19.0. The molecule has 1 fully saturated rings. The Kier molecular flexibility index (Phi) is 6.62. The molecule has 1 heterocycles. The van der Waals surface area contributed by atoms with Gasteiger partial charge in [-0.15, -0.1) is 4.83 Å². The van der Waals surface area contributed by atoms with E-state index in [2.05, 4.69) is 4.83 Å². The molecule has 1 N–H and O–H groups in total. The molecule has 1 aliphatic rings. The van der Waals surface area contributed by atoms with E-state index in [1.165, 1.54) is 12.1 Å². The number of rotatable bonds is 6. The fourth-order valence-electron chi connectivity index (χ4n) is 5.26. The van der Waals surface area contributed by atoms with Crippen LogP contribution in [0, 0.1) is 0 Å². The van der Waals surface area contributed by atoms with Crippen molar-refractivity contribution in [3.05, 3.63) is 126 Å². The van der Waals surface area contributed by atoms with Crippen molar-refractivity contribution < 1.29 is 22.7 Å². The van der Waals surface area contributed by atoms with Gasteiger partial charge in [-0.2, -0.15) is 5.01 Å². The molecule has 1 saturated heterocycles. The lowest BCUT2D eigenvalue weighted by Crippen LogP contribution is -2.45. The van der Waals surface area contributed by atoms with Crippen molar-refractivity contribution in [2.24, 2.45) is 0 Å². The normalized spacial score (nSPS) is 19.9. The van der Waals surface area contributed by atoms with Crippen LogP contribution in [0.2, 0.25) is 0 Å². The Morgan fingerprint density at radius 2 is 1.28 bits per heavy atom. The molecule has 8 heteroatoms. The second-order valence-electron chi connectivity index (χ2n) is 9.35. The number of hydrazine groups is 1. The molecule has 1 aliphatic heterocycles. The molecular formula is C31H26N2O5S. The summed E-state index contributed by atoms with van der Waals surface area (Å²) in [6.45, 7) is 0. The minimum Gasteiger partial charge on any atom is -0.467 e. The highest BCUT2D eigenvalue weighted by atomic mass is 32.2. The first kappa shape index (κ1) is 25.2. The maximum atomic E-state index is 14.4. The lowest BCUT2D eigenvalue weighted by Gasteiger charge is -2.29. The van der Waals surface area contributed by atoms with Crippen LogP contribution in [-0.4, -0.2) is 32.6 Å². The van der Waals surface area contributed by atoms with E-state index in [1.54, 1.807) is 12.1 Å². The van der Waals surface area contributed by atoms with Crippen LogP contribution < -0.4 is 4.83 Å². The van der Waals surface area contributed by atoms with E-state index in [0.29, 0.717) is 21.9 Å². The van der Waals surface area contributed by atoms with Gasteiger partial charge in [-0.05, 0) is 28.0 Å². The Balaban J connectivity index is 1.54. The molecular weight excluding hydrogens is 512 g/mol. The molecule has 5 aromatic rings. The molecule has 0 unspecified atom stereocenters.